The molecule has 0 saturated carbocycles. The van der Waals surface area contributed by atoms with Crippen molar-refractivity contribution in [2.75, 3.05) is 14.2 Å². The molecule has 2 N–H and O–H groups in total. The summed E-state index contributed by atoms with van der Waals surface area (Å²) >= 11 is 3.49. The van der Waals surface area contributed by atoms with E-state index in [-0.39, 0.29) is 24.3 Å². The van der Waals surface area contributed by atoms with Crippen LogP contribution < -0.4 is 20.1 Å². The van der Waals surface area contributed by atoms with Crippen molar-refractivity contribution >= 4 is 27.7 Å². The number of aryl methyl sites for hydroxylation is 1. The second-order valence-corrected chi connectivity index (χ2v) is 7.93. The number of nitrogens with one attached hydrogen (secondary N) is 2. The molecule has 1 atom stereocenters. The summed E-state index contributed by atoms with van der Waals surface area (Å²) in [6, 6.07) is 10.2. The molecule has 0 aliphatic carbocycles. The summed E-state index contributed by atoms with van der Waals surface area (Å²) in [6.45, 7) is 6.03. The van der Waals surface area contributed by atoms with Gasteiger partial charge in [-0.25, -0.2) is 0 Å². The van der Waals surface area contributed by atoms with E-state index >= 15 is 0 Å². The standard InChI is InChI=1S/C22H27BrN2O4/c1-13(2)20(25-21(26)15-8-6-14(3)7-9-15)22(27)24-12-16-10-18(28-4)19(29-5)11-17(16)23/h6-11,13,20H,12H2,1-5H3,(H,24,27)(H,25,26). The highest BCUT2D eigenvalue weighted by Gasteiger charge is 2.24. The van der Waals surface area contributed by atoms with E-state index in [0.29, 0.717) is 17.1 Å². The van der Waals surface area contributed by atoms with Crippen LogP contribution in [0.3, 0.4) is 0 Å². The van der Waals surface area contributed by atoms with Gasteiger partial charge in [0.05, 0.1) is 14.2 Å². The Morgan fingerprint density at radius 2 is 1.62 bits per heavy atom. The Morgan fingerprint density at radius 1 is 1.03 bits per heavy atom. The first-order valence-corrected chi connectivity index (χ1v) is 10.1. The molecule has 7 heteroatoms. The normalized spacial score (nSPS) is 11.7. The van der Waals surface area contributed by atoms with Crippen LogP contribution in [0.2, 0.25) is 0 Å². The topological polar surface area (TPSA) is 76.7 Å². The van der Waals surface area contributed by atoms with Crippen molar-refractivity contribution in [3.05, 3.63) is 57.6 Å². The SMILES string of the molecule is COc1cc(Br)c(CNC(=O)C(NC(=O)c2ccc(C)cc2)C(C)C)cc1OC. The van der Waals surface area contributed by atoms with Gasteiger partial charge < -0.3 is 20.1 Å². The largest absolute Gasteiger partial charge is 0.493 e. The molecule has 0 aliphatic heterocycles. The Kier molecular flexibility index (Phi) is 8.08. The van der Waals surface area contributed by atoms with Crippen molar-refractivity contribution in [1.82, 2.24) is 10.6 Å². The summed E-state index contributed by atoms with van der Waals surface area (Å²) in [4.78, 5) is 25.3. The minimum absolute atomic E-state index is 0.0711. The second-order valence-electron chi connectivity index (χ2n) is 7.08. The van der Waals surface area contributed by atoms with Crippen LogP contribution in [0.5, 0.6) is 11.5 Å². The highest BCUT2D eigenvalue weighted by Crippen LogP contribution is 2.33. The molecule has 2 aromatic carbocycles. The van der Waals surface area contributed by atoms with Crippen LogP contribution in [0.4, 0.5) is 0 Å². The van der Waals surface area contributed by atoms with Crippen LogP contribution in [0.1, 0.15) is 35.3 Å². The van der Waals surface area contributed by atoms with Gasteiger partial charge in [0.1, 0.15) is 6.04 Å². The zero-order valence-electron chi connectivity index (χ0n) is 17.3. The molecule has 156 valence electrons. The number of carbonyl (C=O) groups is 2. The molecule has 1 unspecified atom stereocenters. The molecule has 0 heterocycles. The van der Waals surface area contributed by atoms with E-state index in [1.54, 1.807) is 38.5 Å². The Balaban J connectivity index is 2.08. The minimum atomic E-state index is -0.650. The molecule has 2 rings (SSSR count). The van der Waals surface area contributed by atoms with E-state index in [9.17, 15) is 9.59 Å². The smallest absolute Gasteiger partial charge is 0.251 e. The molecule has 0 bridgehead atoms. The van der Waals surface area contributed by atoms with E-state index in [0.717, 1.165) is 15.6 Å². The summed E-state index contributed by atoms with van der Waals surface area (Å²) in [5.74, 6) is 0.583. The van der Waals surface area contributed by atoms with E-state index < -0.39 is 6.04 Å². The zero-order valence-corrected chi connectivity index (χ0v) is 18.9. The Labute approximate surface area is 180 Å². The van der Waals surface area contributed by atoms with Crippen molar-refractivity contribution < 1.29 is 19.1 Å². The van der Waals surface area contributed by atoms with Crippen molar-refractivity contribution in [2.24, 2.45) is 5.92 Å². The molecule has 2 amide bonds. The Bertz CT molecular complexity index is 866. The first-order valence-electron chi connectivity index (χ1n) is 9.32. The zero-order chi connectivity index (χ0) is 21.6. The summed E-state index contributed by atoms with van der Waals surface area (Å²) in [5, 5.41) is 5.73. The van der Waals surface area contributed by atoms with Crippen LogP contribution in [0, 0.1) is 12.8 Å². The third kappa shape index (κ3) is 5.97. The summed E-state index contributed by atoms with van der Waals surface area (Å²) in [6.07, 6.45) is 0. The van der Waals surface area contributed by atoms with Gasteiger partial charge in [0.15, 0.2) is 11.5 Å². The third-order valence-corrected chi connectivity index (χ3v) is 5.29. The number of methoxy groups -OCH3 is 2. The molecule has 0 saturated heterocycles. The van der Waals surface area contributed by atoms with Gasteiger partial charge in [-0.15, -0.1) is 0 Å². The lowest BCUT2D eigenvalue weighted by Gasteiger charge is -2.22. The van der Waals surface area contributed by atoms with Gasteiger partial charge in [0, 0.05) is 16.6 Å². The third-order valence-electron chi connectivity index (χ3n) is 4.56. The maximum absolute atomic E-state index is 12.8. The summed E-state index contributed by atoms with van der Waals surface area (Å²) in [7, 11) is 3.12. The molecule has 0 radical (unpaired) electrons. The van der Waals surface area contributed by atoms with Gasteiger partial charge in [-0.2, -0.15) is 0 Å². The molecule has 2 aromatic rings. The van der Waals surface area contributed by atoms with Crippen LogP contribution in [0.25, 0.3) is 0 Å². The number of halogens is 1. The summed E-state index contributed by atoms with van der Waals surface area (Å²) in [5.41, 5.74) is 2.43. The van der Waals surface area contributed by atoms with Gasteiger partial charge >= 0.3 is 0 Å². The number of amides is 2. The number of benzene rings is 2. The van der Waals surface area contributed by atoms with Crippen molar-refractivity contribution in [2.45, 2.75) is 33.4 Å². The lowest BCUT2D eigenvalue weighted by Crippen LogP contribution is -2.49. The van der Waals surface area contributed by atoms with E-state index in [1.807, 2.05) is 32.9 Å². The van der Waals surface area contributed by atoms with Crippen LogP contribution in [-0.2, 0) is 11.3 Å². The first-order chi connectivity index (χ1) is 13.8. The Morgan fingerprint density at radius 3 is 2.17 bits per heavy atom. The number of hydrogen-bond acceptors (Lipinski definition) is 4. The van der Waals surface area contributed by atoms with Gasteiger partial charge in [0.2, 0.25) is 5.91 Å². The molecule has 6 nitrogen and oxygen atoms in total. The fourth-order valence-electron chi connectivity index (χ4n) is 2.79. The first kappa shape index (κ1) is 22.7. The average molecular weight is 463 g/mol. The quantitative estimate of drug-likeness (QED) is 0.624. The van der Waals surface area contributed by atoms with Crippen LogP contribution in [0.15, 0.2) is 40.9 Å². The molecule has 0 fully saturated rings. The van der Waals surface area contributed by atoms with Gasteiger partial charge in [-0.05, 0) is 42.7 Å². The predicted molar refractivity (Wildman–Crippen MR) is 116 cm³/mol. The van der Waals surface area contributed by atoms with Crippen molar-refractivity contribution in [3.63, 3.8) is 0 Å². The number of hydrogen-bond donors (Lipinski definition) is 2. The number of rotatable bonds is 8. The number of carbonyl (C=O) groups excluding carboxylic acids is 2. The molecule has 29 heavy (non-hydrogen) atoms. The fraction of sp³-hybridized carbons (Fsp3) is 0.364. The van der Waals surface area contributed by atoms with Crippen LogP contribution in [-0.4, -0.2) is 32.1 Å². The summed E-state index contributed by atoms with van der Waals surface area (Å²) < 4.78 is 11.4. The Hall–Kier alpha value is -2.54. The van der Waals surface area contributed by atoms with Crippen LogP contribution >= 0.6 is 15.9 Å². The maximum atomic E-state index is 12.8. The van der Waals surface area contributed by atoms with Gasteiger partial charge in [0.25, 0.3) is 5.91 Å². The van der Waals surface area contributed by atoms with E-state index in [1.165, 1.54) is 0 Å². The van der Waals surface area contributed by atoms with Crippen molar-refractivity contribution in [1.29, 1.82) is 0 Å². The lowest BCUT2D eigenvalue weighted by atomic mass is 10.0. The average Bonchev–Trinajstić information content (AvgIpc) is 2.70. The number of ether oxygens (including phenoxy) is 2. The predicted octanol–water partition coefficient (Wildman–Crippen LogP) is 3.85. The van der Waals surface area contributed by atoms with Gasteiger partial charge in [-0.1, -0.05) is 47.5 Å². The minimum Gasteiger partial charge on any atom is -0.493 e. The molecular formula is C22H27BrN2O4. The molecule has 0 aliphatic rings. The lowest BCUT2D eigenvalue weighted by molar-refractivity contribution is -0.124. The van der Waals surface area contributed by atoms with Gasteiger partial charge in [-0.3, -0.25) is 9.59 Å². The highest BCUT2D eigenvalue weighted by atomic mass is 79.9. The monoisotopic (exact) mass is 462 g/mol. The molecule has 0 spiro atoms. The van der Waals surface area contributed by atoms with E-state index in [2.05, 4.69) is 26.6 Å². The molecule has 0 aromatic heterocycles. The fourth-order valence-corrected chi connectivity index (χ4v) is 3.25. The maximum Gasteiger partial charge on any atom is 0.251 e. The van der Waals surface area contributed by atoms with Crippen molar-refractivity contribution in [3.8, 4) is 11.5 Å². The highest BCUT2D eigenvalue weighted by molar-refractivity contribution is 9.10. The second kappa shape index (κ2) is 10.3. The van der Waals surface area contributed by atoms with E-state index in [4.69, 9.17) is 9.47 Å². The molecular weight excluding hydrogens is 436 g/mol.